The lowest BCUT2D eigenvalue weighted by Crippen LogP contribution is -2.46. The summed E-state index contributed by atoms with van der Waals surface area (Å²) in [5.41, 5.74) is 1.27. The Morgan fingerprint density at radius 2 is 1.83 bits per heavy atom. The topological polar surface area (TPSA) is 52.7 Å². The molecule has 1 heterocycles. The average molecular weight is 340 g/mol. The van der Waals surface area contributed by atoms with Gasteiger partial charge in [0.05, 0.1) is 0 Å². The summed E-state index contributed by atoms with van der Waals surface area (Å²) in [5.74, 6) is 0. The molecular weight excluding hydrogens is 310 g/mol. The van der Waals surface area contributed by atoms with Crippen molar-refractivity contribution in [1.82, 2.24) is 13.9 Å². The van der Waals surface area contributed by atoms with Gasteiger partial charge in [-0.2, -0.15) is 17.4 Å². The van der Waals surface area contributed by atoms with Crippen molar-refractivity contribution in [3.8, 4) is 0 Å². The molecule has 1 aromatic carbocycles. The van der Waals surface area contributed by atoms with E-state index in [0.29, 0.717) is 13.1 Å². The number of rotatable bonds is 9. The van der Waals surface area contributed by atoms with Gasteiger partial charge in [0.25, 0.3) is 10.2 Å². The Morgan fingerprint density at radius 3 is 2.43 bits per heavy atom. The summed E-state index contributed by atoms with van der Waals surface area (Å²) in [6.45, 7) is 7.79. The zero-order valence-electron chi connectivity index (χ0n) is 14.2. The second-order valence-corrected chi connectivity index (χ2v) is 7.93. The second-order valence-electron chi connectivity index (χ2n) is 6.23. The van der Waals surface area contributed by atoms with Crippen LogP contribution in [0.15, 0.2) is 30.3 Å². The first-order chi connectivity index (χ1) is 11.0. The van der Waals surface area contributed by atoms with Crippen molar-refractivity contribution < 1.29 is 8.42 Å². The minimum Gasteiger partial charge on any atom is -0.297 e. The zero-order valence-corrected chi connectivity index (χ0v) is 15.1. The van der Waals surface area contributed by atoms with Crippen molar-refractivity contribution in [2.45, 2.75) is 45.7 Å². The van der Waals surface area contributed by atoms with Gasteiger partial charge in [-0.05, 0) is 24.8 Å². The fourth-order valence-electron chi connectivity index (χ4n) is 3.05. The van der Waals surface area contributed by atoms with Crippen LogP contribution in [0.25, 0.3) is 0 Å². The Labute approximate surface area is 140 Å². The standard InChI is InChI=1S/C17H29N3O2S/c1-3-11-20(12-4-2)23(21,22)18-17-10-13-19(15-17)14-16-8-6-5-7-9-16/h5-9,17-18H,3-4,10-15H2,1-2H3. The van der Waals surface area contributed by atoms with Crippen LogP contribution in [-0.2, 0) is 16.8 Å². The van der Waals surface area contributed by atoms with Gasteiger partial charge in [0.1, 0.15) is 0 Å². The number of nitrogens with zero attached hydrogens (tertiary/aromatic N) is 2. The fraction of sp³-hybridized carbons (Fsp3) is 0.647. The van der Waals surface area contributed by atoms with Crippen molar-refractivity contribution in [2.75, 3.05) is 26.2 Å². The van der Waals surface area contributed by atoms with Crippen LogP contribution in [0.1, 0.15) is 38.7 Å². The highest BCUT2D eigenvalue weighted by Gasteiger charge is 2.29. The van der Waals surface area contributed by atoms with Crippen molar-refractivity contribution in [3.05, 3.63) is 35.9 Å². The van der Waals surface area contributed by atoms with E-state index in [4.69, 9.17) is 0 Å². The molecule has 0 aromatic heterocycles. The van der Waals surface area contributed by atoms with Crippen molar-refractivity contribution in [3.63, 3.8) is 0 Å². The largest absolute Gasteiger partial charge is 0.297 e. The summed E-state index contributed by atoms with van der Waals surface area (Å²) in [5, 5.41) is 0. The van der Waals surface area contributed by atoms with Crippen molar-refractivity contribution >= 4 is 10.2 Å². The van der Waals surface area contributed by atoms with Gasteiger partial charge in [0, 0.05) is 38.8 Å². The van der Waals surface area contributed by atoms with Crippen LogP contribution in [0, 0.1) is 0 Å². The monoisotopic (exact) mass is 339 g/mol. The molecule has 1 atom stereocenters. The van der Waals surface area contributed by atoms with Crippen LogP contribution in [0.4, 0.5) is 0 Å². The maximum absolute atomic E-state index is 12.5. The molecule has 1 unspecified atom stereocenters. The molecule has 1 aliphatic heterocycles. The molecule has 5 nitrogen and oxygen atoms in total. The lowest BCUT2D eigenvalue weighted by molar-refractivity contribution is 0.323. The van der Waals surface area contributed by atoms with E-state index < -0.39 is 10.2 Å². The van der Waals surface area contributed by atoms with Gasteiger partial charge < -0.3 is 0 Å². The first-order valence-corrected chi connectivity index (χ1v) is 10.0. The molecule has 0 radical (unpaired) electrons. The molecule has 0 aliphatic carbocycles. The van der Waals surface area contributed by atoms with E-state index in [1.807, 2.05) is 32.0 Å². The van der Waals surface area contributed by atoms with Gasteiger partial charge in [-0.3, -0.25) is 4.90 Å². The van der Waals surface area contributed by atoms with Crippen molar-refractivity contribution in [2.24, 2.45) is 0 Å². The Kier molecular flexibility index (Phi) is 7.02. The van der Waals surface area contributed by atoms with Gasteiger partial charge in [0.15, 0.2) is 0 Å². The lowest BCUT2D eigenvalue weighted by Gasteiger charge is -2.24. The van der Waals surface area contributed by atoms with E-state index in [0.717, 1.165) is 38.9 Å². The number of nitrogens with one attached hydrogen (secondary N) is 1. The summed E-state index contributed by atoms with van der Waals surface area (Å²) >= 11 is 0. The molecule has 0 bridgehead atoms. The summed E-state index contributed by atoms with van der Waals surface area (Å²) in [7, 11) is -3.37. The Bertz CT molecular complexity index is 556. The molecule has 23 heavy (non-hydrogen) atoms. The van der Waals surface area contributed by atoms with Gasteiger partial charge in [0.2, 0.25) is 0 Å². The average Bonchev–Trinajstić information content (AvgIpc) is 2.94. The Balaban J connectivity index is 1.88. The third kappa shape index (κ3) is 5.57. The van der Waals surface area contributed by atoms with Crippen LogP contribution in [0.2, 0.25) is 0 Å². The summed E-state index contributed by atoms with van der Waals surface area (Å²) in [6.07, 6.45) is 2.55. The lowest BCUT2D eigenvalue weighted by atomic mass is 10.2. The van der Waals surface area contributed by atoms with E-state index in [1.165, 1.54) is 5.56 Å². The molecule has 130 valence electrons. The molecule has 0 spiro atoms. The smallest absolute Gasteiger partial charge is 0.279 e. The third-order valence-electron chi connectivity index (χ3n) is 4.12. The fourth-order valence-corrected chi connectivity index (χ4v) is 4.66. The molecule has 1 aromatic rings. The Hall–Kier alpha value is -0.950. The predicted octanol–water partition coefficient (Wildman–Crippen LogP) is 2.22. The quantitative estimate of drug-likeness (QED) is 0.750. The molecule has 6 heteroatoms. The van der Waals surface area contributed by atoms with Gasteiger partial charge in [-0.15, -0.1) is 0 Å². The summed E-state index contributed by atoms with van der Waals surface area (Å²) < 4.78 is 29.5. The van der Waals surface area contributed by atoms with Crippen molar-refractivity contribution in [1.29, 1.82) is 0 Å². The molecule has 1 saturated heterocycles. The normalized spacial score (nSPS) is 19.5. The molecular formula is C17H29N3O2S. The van der Waals surface area contributed by atoms with Crippen LogP contribution in [0.5, 0.6) is 0 Å². The van der Waals surface area contributed by atoms with Crippen LogP contribution in [0.3, 0.4) is 0 Å². The summed E-state index contributed by atoms with van der Waals surface area (Å²) in [6, 6.07) is 10.3. The van der Waals surface area contributed by atoms with Gasteiger partial charge >= 0.3 is 0 Å². The number of hydrogen-bond donors (Lipinski definition) is 1. The van der Waals surface area contributed by atoms with Gasteiger partial charge in [-0.25, -0.2) is 0 Å². The van der Waals surface area contributed by atoms with Crippen LogP contribution in [-0.4, -0.2) is 49.8 Å². The molecule has 0 amide bonds. The third-order valence-corrected chi connectivity index (χ3v) is 5.80. The molecule has 0 saturated carbocycles. The first-order valence-electron chi connectivity index (χ1n) is 8.58. The van der Waals surface area contributed by atoms with Crippen LogP contribution >= 0.6 is 0 Å². The van der Waals surface area contributed by atoms with Gasteiger partial charge in [-0.1, -0.05) is 44.2 Å². The molecule has 1 aliphatic rings. The number of likely N-dealkylation sites (tertiary alicyclic amines) is 1. The van der Waals surface area contributed by atoms with E-state index in [1.54, 1.807) is 4.31 Å². The van der Waals surface area contributed by atoms with E-state index in [-0.39, 0.29) is 6.04 Å². The zero-order chi connectivity index (χ0) is 16.7. The highest BCUT2D eigenvalue weighted by Crippen LogP contribution is 2.15. The maximum atomic E-state index is 12.5. The Morgan fingerprint density at radius 1 is 1.17 bits per heavy atom. The highest BCUT2D eigenvalue weighted by molar-refractivity contribution is 7.87. The minimum atomic E-state index is -3.37. The molecule has 1 N–H and O–H groups in total. The van der Waals surface area contributed by atoms with Crippen LogP contribution < -0.4 is 4.72 Å². The minimum absolute atomic E-state index is 0.0138. The maximum Gasteiger partial charge on any atom is 0.279 e. The van der Waals surface area contributed by atoms with E-state index in [2.05, 4.69) is 21.8 Å². The van der Waals surface area contributed by atoms with E-state index in [9.17, 15) is 8.42 Å². The predicted molar refractivity (Wildman–Crippen MR) is 94.3 cm³/mol. The van der Waals surface area contributed by atoms with E-state index >= 15 is 0 Å². The number of hydrogen-bond acceptors (Lipinski definition) is 3. The first kappa shape index (κ1) is 18.4. The SMILES string of the molecule is CCCN(CCC)S(=O)(=O)NC1CCN(Cc2ccccc2)C1. The molecule has 2 rings (SSSR count). The highest BCUT2D eigenvalue weighted by atomic mass is 32.2. The summed E-state index contributed by atoms with van der Waals surface area (Å²) in [4.78, 5) is 2.31. The molecule has 1 fully saturated rings. The number of benzene rings is 1. The second kappa shape index (κ2) is 8.78.